The number of carboxylic acid groups (broad SMARTS) is 1. The summed E-state index contributed by atoms with van der Waals surface area (Å²) in [5.74, 6) is -0.577. The summed E-state index contributed by atoms with van der Waals surface area (Å²) in [5.41, 5.74) is 1.78. The third-order valence-electron chi connectivity index (χ3n) is 4.19. The SMILES string of the molecule is Cc1cc(CN2CCCC2c2ncc(C(=O)O)cn2)ccc1F. The molecule has 0 saturated carbocycles. The van der Waals surface area contributed by atoms with Crippen molar-refractivity contribution in [3.05, 3.63) is 58.9 Å². The van der Waals surface area contributed by atoms with E-state index in [0.717, 1.165) is 24.9 Å². The number of rotatable bonds is 4. The Labute approximate surface area is 133 Å². The number of nitrogens with zero attached hydrogens (tertiary/aromatic N) is 3. The first kappa shape index (κ1) is 15.6. The molecule has 1 saturated heterocycles. The van der Waals surface area contributed by atoms with E-state index in [4.69, 9.17) is 5.11 Å². The molecular formula is C17H18FN3O2. The lowest BCUT2D eigenvalue weighted by Crippen LogP contribution is -2.24. The Kier molecular flexibility index (Phi) is 4.34. The number of benzene rings is 1. The van der Waals surface area contributed by atoms with E-state index in [9.17, 15) is 9.18 Å². The molecule has 0 spiro atoms. The third kappa shape index (κ3) is 3.37. The van der Waals surface area contributed by atoms with Gasteiger partial charge in [-0.15, -0.1) is 0 Å². The van der Waals surface area contributed by atoms with Crippen LogP contribution >= 0.6 is 0 Å². The first-order valence-electron chi connectivity index (χ1n) is 7.59. The number of aryl methyl sites for hydroxylation is 1. The van der Waals surface area contributed by atoms with Crippen molar-refractivity contribution in [3.63, 3.8) is 0 Å². The fourth-order valence-corrected chi connectivity index (χ4v) is 2.97. The highest BCUT2D eigenvalue weighted by Gasteiger charge is 2.28. The lowest BCUT2D eigenvalue weighted by atomic mass is 10.1. The first-order chi connectivity index (χ1) is 11.0. The first-order valence-corrected chi connectivity index (χ1v) is 7.59. The second-order valence-corrected chi connectivity index (χ2v) is 5.85. The smallest absolute Gasteiger partial charge is 0.338 e. The van der Waals surface area contributed by atoms with Crippen LogP contribution in [0.3, 0.4) is 0 Å². The molecule has 0 radical (unpaired) electrons. The normalized spacial score (nSPS) is 18.3. The number of aromatic carboxylic acids is 1. The van der Waals surface area contributed by atoms with Gasteiger partial charge in [-0.1, -0.05) is 12.1 Å². The minimum absolute atomic E-state index is 0.0724. The highest BCUT2D eigenvalue weighted by atomic mass is 19.1. The molecule has 1 unspecified atom stereocenters. The number of likely N-dealkylation sites (tertiary alicyclic amines) is 1. The van der Waals surface area contributed by atoms with Gasteiger partial charge in [0.15, 0.2) is 0 Å². The molecule has 1 atom stereocenters. The van der Waals surface area contributed by atoms with E-state index in [2.05, 4.69) is 14.9 Å². The number of halogens is 1. The van der Waals surface area contributed by atoms with Gasteiger partial charge in [0.1, 0.15) is 11.6 Å². The summed E-state index contributed by atoms with van der Waals surface area (Å²) >= 11 is 0. The molecule has 1 fully saturated rings. The van der Waals surface area contributed by atoms with Crippen LogP contribution in [0.4, 0.5) is 4.39 Å². The standard InChI is InChI=1S/C17H18FN3O2/c1-11-7-12(4-5-14(11)18)10-21-6-2-3-15(21)16-19-8-13(9-20-16)17(22)23/h4-5,7-9,15H,2-3,6,10H2,1H3,(H,22,23). The Balaban J connectivity index is 1.76. The van der Waals surface area contributed by atoms with E-state index in [1.54, 1.807) is 13.0 Å². The van der Waals surface area contributed by atoms with Gasteiger partial charge in [0, 0.05) is 18.9 Å². The maximum Gasteiger partial charge on any atom is 0.338 e. The van der Waals surface area contributed by atoms with Gasteiger partial charge in [-0.3, -0.25) is 4.90 Å². The van der Waals surface area contributed by atoms with Crippen molar-refractivity contribution in [2.75, 3.05) is 6.54 Å². The lowest BCUT2D eigenvalue weighted by Gasteiger charge is -2.23. The second-order valence-electron chi connectivity index (χ2n) is 5.85. The summed E-state index contributed by atoms with van der Waals surface area (Å²) in [4.78, 5) is 21.6. The predicted molar refractivity (Wildman–Crippen MR) is 82.5 cm³/mol. The molecule has 1 aliphatic heterocycles. The van der Waals surface area contributed by atoms with Crippen LogP contribution in [0, 0.1) is 12.7 Å². The van der Waals surface area contributed by atoms with Gasteiger partial charge in [0.2, 0.25) is 0 Å². The zero-order valence-corrected chi connectivity index (χ0v) is 12.9. The van der Waals surface area contributed by atoms with Crippen molar-refractivity contribution in [3.8, 4) is 0 Å². The van der Waals surface area contributed by atoms with Crippen molar-refractivity contribution in [1.82, 2.24) is 14.9 Å². The second kappa shape index (κ2) is 6.42. The zero-order chi connectivity index (χ0) is 16.4. The van der Waals surface area contributed by atoms with Gasteiger partial charge in [0.05, 0.1) is 11.6 Å². The number of carbonyl (C=O) groups is 1. The van der Waals surface area contributed by atoms with Crippen LogP contribution in [-0.2, 0) is 6.54 Å². The molecule has 1 aromatic heterocycles. The maximum atomic E-state index is 13.4. The molecule has 1 aromatic carbocycles. The maximum absolute atomic E-state index is 13.4. The molecule has 0 amide bonds. The third-order valence-corrected chi connectivity index (χ3v) is 4.19. The Morgan fingerprint density at radius 2 is 2.13 bits per heavy atom. The van der Waals surface area contributed by atoms with Crippen molar-refractivity contribution in [1.29, 1.82) is 0 Å². The summed E-state index contributed by atoms with van der Waals surface area (Å²) in [7, 11) is 0. The number of carboxylic acids is 1. The van der Waals surface area contributed by atoms with E-state index in [0.29, 0.717) is 17.9 Å². The summed E-state index contributed by atoms with van der Waals surface area (Å²) in [6, 6.07) is 5.22. The number of hydrogen-bond acceptors (Lipinski definition) is 4. The van der Waals surface area contributed by atoms with Gasteiger partial charge in [-0.2, -0.15) is 0 Å². The van der Waals surface area contributed by atoms with Crippen molar-refractivity contribution >= 4 is 5.97 Å². The highest BCUT2D eigenvalue weighted by molar-refractivity contribution is 5.86. The molecule has 2 aromatic rings. The molecule has 0 aliphatic carbocycles. The summed E-state index contributed by atoms with van der Waals surface area (Å²) in [6.07, 6.45) is 4.67. The molecule has 23 heavy (non-hydrogen) atoms. The van der Waals surface area contributed by atoms with Crippen LogP contribution in [0.1, 0.15) is 46.2 Å². The monoisotopic (exact) mass is 315 g/mol. The molecule has 6 heteroatoms. The molecule has 1 N–H and O–H groups in total. The average Bonchev–Trinajstić information content (AvgIpc) is 2.99. The minimum atomic E-state index is -1.03. The van der Waals surface area contributed by atoms with E-state index in [1.807, 2.05) is 6.07 Å². The average molecular weight is 315 g/mol. The van der Waals surface area contributed by atoms with E-state index in [-0.39, 0.29) is 17.4 Å². The zero-order valence-electron chi connectivity index (χ0n) is 12.9. The summed E-state index contributed by atoms with van der Waals surface area (Å²) in [5, 5.41) is 8.92. The quantitative estimate of drug-likeness (QED) is 0.939. The van der Waals surface area contributed by atoms with Crippen LogP contribution in [0.15, 0.2) is 30.6 Å². The Bertz CT molecular complexity index is 718. The van der Waals surface area contributed by atoms with E-state index >= 15 is 0 Å². The highest BCUT2D eigenvalue weighted by Crippen LogP contribution is 2.31. The van der Waals surface area contributed by atoms with Gasteiger partial charge in [-0.25, -0.2) is 19.2 Å². The van der Waals surface area contributed by atoms with Crippen LogP contribution in [0.5, 0.6) is 0 Å². The fraction of sp³-hybridized carbons (Fsp3) is 0.353. The largest absolute Gasteiger partial charge is 0.478 e. The van der Waals surface area contributed by atoms with Crippen LogP contribution in [-0.4, -0.2) is 32.5 Å². The van der Waals surface area contributed by atoms with Crippen molar-refractivity contribution < 1.29 is 14.3 Å². The van der Waals surface area contributed by atoms with Gasteiger partial charge >= 0.3 is 5.97 Å². The summed E-state index contributed by atoms with van der Waals surface area (Å²) < 4.78 is 13.4. The fourth-order valence-electron chi connectivity index (χ4n) is 2.97. The van der Waals surface area contributed by atoms with Crippen molar-refractivity contribution in [2.45, 2.75) is 32.4 Å². The van der Waals surface area contributed by atoms with E-state index in [1.165, 1.54) is 18.5 Å². The van der Waals surface area contributed by atoms with E-state index < -0.39 is 5.97 Å². The number of hydrogen-bond donors (Lipinski definition) is 1. The van der Waals surface area contributed by atoms with Gasteiger partial charge in [0.25, 0.3) is 0 Å². The molecule has 3 rings (SSSR count). The Morgan fingerprint density at radius 3 is 2.78 bits per heavy atom. The minimum Gasteiger partial charge on any atom is -0.478 e. The van der Waals surface area contributed by atoms with Crippen LogP contribution in [0.25, 0.3) is 0 Å². The van der Waals surface area contributed by atoms with Crippen LogP contribution < -0.4 is 0 Å². The van der Waals surface area contributed by atoms with Crippen molar-refractivity contribution in [2.24, 2.45) is 0 Å². The molecule has 5 nitrogen and oxygen atoms in total. The van der Waals surface area contributed by atoms with Gasteiger partial charge in [-0.05, 0) is 43.5 Å². The lowest BCUT2D eigenvalue weighted by molar-refractivity contribution is 0.0695. The van der Waals surface area contributed by atoms with Gasteiger partial charge < -0.3 is 5.11 Å². The molecular weight excluding hydrogens is 297 g/mol. The molecule has 120 valence electrons. The summed E-state index contributed by atoms with van der Waals surface area (Å²) in [6.45, 7) is 3.38. The number of aromatic nitrogens is 2. The molecule has 0 bridgehead atoms. The topological polar surface area (TPSA) is 66.3 Å². The Morgan fingerprint density at radius 1 is 1.39 bits per heavy atom. The molecule has 2 heterocycles. The Hall–Kier alpha value is -2.34. The van der Waals surface area contributed by atoms with Crippen LogP contribution in [0.2, 0.25) is 0 Å². The molecule has 1 aliphatic rings. The predicted octanol–water partition coefficient (Wildman–Crippen LogP) is 2.96.